The van der Waals surface area contributed by atoms with Crippen molar-refractivity contribution in [3.8, 4) is 11.5 Å². The molecule has 5 aromatic rings. The van der Waals surface area contributed by atoms with Crippen LogP contribution < -0.4 is 14.4 Å². The highest BCUT2D eigenvalue weighted by Crippen LogP contribution is 2.74. The van der Waals surface area contributed by atoms with Gasteiger partial charge >= 0.3 is 5.97 Å². The van der Waals surface area contributed by atoms with Gasteiger partial charge in [0.2, 0.25) is 11.8 Å². The van der Waals surface area contributed by atoms with Crippen LogP contribution in [0.25, 0.3) is 11.1 Å². The highest BCUT2D eigenvalue weighted by atomic mass is 16.5. The quantitative estimate of drug-likeness (QED) is 0.187. The largest absolute Gasteiger partial charge is 0.497 e. The molecule has 0 aromatic heterocycles. The number of anilines is 1. The number of nitrogens with zero attached hydrogens (tertiary/aromatic N) is 1. The summed E-state index contributed by atoms with van der Waals surface area (Å²) in [6, 6.07) is 39.1. The first-order chi connectivity index (χ1) is 24.3. The summed E-state index contributed by atoms with van der Waals surface area (Å²) in [5.41, 5.74) is 1.07. The minimum Gasteiger partial charge on any atom is -0.497 e. The van der Waals surface area contributed by atoms with Gasteiger partial charge in [0.25, 0.3) is 0 Å². The number of methoxy groups -OCH3 is 2. The molecule has 1 heterocycles. The Morgan fingerprint density at radius 1 is 0.580 bits per heavy atom. The molecule has 1 saturated carbocycles. The summed E-state index contributed by atoms with van der Waals surface area (Å²) in [7, 11) is 3.16. The second kappa shape index (κ2) is 11.4. The smallest absolute Gasteiger partial charge is 0.335 e. The lowest BCUT2D eigenvalue weighted by Gasteiger charge is -2.39. The molecular formula is C42H31NO7. The number of fused-ring (bicyclic) bond motifs is 5. The number of hydrogen-bond donors (Lipinski definition) is 1. The molecule has 2 amide bonds. The van der Waals surface area contributed by atoms with E-state index in [-0.39, 0.29) is 17.0 Å². The molecule has 0 radical (unpaired) electrons. The van der Waals surface area contributed by atoms with Crippen LogP contribution in [0.3, 0.4) is 0 Å². The van der Waals surface area contributed by atoms with Crippen LogP contribution >= 0.6 is 0 Å². The molecule has 50 heavy (non-hydrogen) atoms. The number of carbonyl (C=O) groups is 4. The van der Waals surface area contributed by atoms with E-state index in [0.717, 1.165) is 16.0 Å². The topological polar surface area (TPSA) is 110 Å². The van der Waals surface area contributed by atoms with Gasteiger partial charge in [-0.25, -0.2) is 9.69 Å². The van der Waals surface area contributed by atoms with E-state index < -0.39 is 40.4 Å². The lowest BCUT2D eigenvalue weighted by Crippen LogP contribution is -2.45. The fourth-order valence-corrected chi connectivity index (χ4v) is 8.65. The first kappa shape index (κ1) is 31.0. The van der Waals surface area contributed by atoms with Crippen LogP contribution in [0.4, 0.5) is 5.69 Å². The van der Waals surface area contributed by atoms with Crippen LogP contribution in [-0.2, 0) is 25.2 Å². The lowest BCUT2D eigenvalue weighted by molar-refractivity contribution is -0.130. The number of carboxylic acids is 1. The maximum absolute atomic E-state index is 16.0. The normalized spacial score (nSPS) is 23.7. The van der Waals surface area contributed by atoms with Gasteiger partial charge in [-0.15, -0.1) is 0 Å². The van der Waals surface area contributed by atoms with Crippen molar-refractivity contribution in [2.45, 2.75) is 10.8 Å². The molecule has 1 saturated heterocycles. The molecule has 246 valence electrons. The van der Waals surface area contributed by atoms with E-state index in [9.17, 15) is 9.90 Å². The number of Topliss-reactive ketones (excluding diaryl/α,β-unsaturated/α-hetero) is 1. The Morgan fingerprint density at radius 2 is 0.980 bits per heavy atom. The second-order valence-electron chi connectivity index (χ2n) is 12.7. The van der Waals surface area contributed by atoms with Gasteiger partial charge in [-0.05, 0) is 81.9 Å². The Labute approximate surface area is 288 Å². The van der Waals surface area contributed by atoms with Gasteiger partial charge in [-0.2, -0.15) is 0 Å². The third-order valence-corrected chi connectivity index (χ3v) is 10.6. The Balaban J connectivity index is 1.51. The van der Waals surface area contributed by atoms with Crippen molar-refractivity contribution < 1.29 is 33.8 Å². The monoisotopic (exact) mass is 661 g/mol. The van der Waals surface area contributed by atoms with Crippen LogP contribution in [0.1, 0.15) is 32.6 Å². The van der Waals surface area contributed by atoms with Crippen molar-refractivity contribution in [1.82, 2.24) is 0 Å². The number of hydrogen-bond acceptors (Lipinski definition) is 6. The number of allylic oxidation sites excluding steroid dienone is 2. The zero-order chi connectivity index (χ0) is 34.8. The number of amides is 2. The third-order valence-electron chi connectivity index (χ3n) is 10.6. The Hall–Kier alpha value is -6.28. The Kier molecular flexibility index (Phi) is 7.08. The average molecular weight is 662 g/mol. The van der Waals surface area contributed by atoms with E-state index in [1.807, 2.05) is 109 Å². The number of ether oxygens (including phenoxy) is 2. The minimum absolute atomic E-state index is 0.0232. The van der Waals surface area contributed by atoms with Crippen molar-refractivity contribution in [3.05, 3.63) is 161 Å². The number of ketones is 1. The van der Waals surface area contributed by atoms with Gasteiger partial charge < -0.3 is 14.6 Å². The highest BCUT2D eigenvalue weighted by Gasteiger charge is 2.82. The fraction of sp³-hybridized carbons (Fsp3) is 0.143. The van der Waals surface area contributed by atoms with Crippen molar-refractivity contribution in [3.63, 3.8) is 0 Å². The minimum atomic E-state index is -1.58. The summed E-state index contributed by atoms with van der Waals surface area (Å²) in [6.07, 6.45) is 0. The van der Waals surface area contributed by atoms with Gasteiger partial charge in [0, 0.05) is 0 Å². The molecule has 0 unspecified atom stereocenters. The second-order valence-corrected chi connectivity index (χ2v) is 12.7. The zero-order valence-corrected chi connectivity index (χ0v) is 27.2. The maximum Gasteiger partial charge on any atom is 0.335 e. The molecule has 5 aromatic carbocycles. The van der Waals surface area contributed by atoms with Crippen LogP contribution in [0, 0.1) is 11.8 Å². The van der Waals surface area contributed by atoms with Crippen LogP contribution in [-0.4, -0.2) is 42.9 Å². The molecule has 8 heteroatoms. The fourth-order valence-electron chi connectivity index (χ4n) is 8.65. The molecule has 1 N–H and O–H groups in total. The molecule has 1 aliphatic heterocycles. The number of carbonyl (C=O) groups excluding carboxylic acids is 3. The number of rotatable bonds is 8. The summed E-state index contributed by atoms with van der Waals surface area (Å²) >= 11 is 0. The molecule has 2 fully saturated rings. The molecule has 0 spiro atoms. The van der Waals surface area contributed by atoms with E-state index in [4.69, 9.17) is 9.47 Å². The number of carboxylic acid groups (broad SMARTS) is 1. The zero-order valence-electron chi connectivity index (χ0n) is 27.2. The lowest BCUT2D eigenvalue weighted by atomic mass is 9.59. The van der Waals surface area contributed by atoms with Gasteiger partial charge in [-0.3, -0.25) is 14.4 Å². The molecule has 8 nitrogen and oxygen atoms in total. The van der Waals surface area contributed by atoms with Crippen LogP contribution in [0.2, 0.25) is 0 Å². The first-order valence-electron chi connectivity index (χ1n) is 16.2. The summed E-state index contributed by atoms with van der Waals surface area (Å²) < 4.78 is 11.0. The van der Waals surface area contributed by atoms with Crippen molar-refractivity contribution in [2.24, 2.45) is 11.8 Å². The highest BCUT2D eigenvalue weighted by molar-refractivity contribution is 6.39. The molecule has 8 rings (SSSR count). The predicted octanol–water partition coefficient (Wildman–Crippen LogP) is 6.59. The summed E-state index contributed by atoms with van der Waals surface area (Å²) in [5, 5.41) is 9.54. The van der Waals surface area contributed by atoms with Crippen LogP contribution in [0.15, 0.2) is 133 Å². The molecular weight excluding hydrogens is 630 g/mol. The van der Waals surface area contributed by atoms with E-state index in [1.165, 1.54) is 24.3 Å². The molecule has 3 aliphatic rings. The Morgan fingerprint density at radius 3 is 1.34 bits per heavy atom. The molecule has 2 aliphatic carbocycles. The number of benzene rings is 5. The third kappa shape index (κ3) is 3.99. The standard InChI is InChI=1S/C42H31NO7/c1-49-31-21-15-25(16-22-31)33-34(26-17-23-32(50-2)24-18-26)42(29-11-7-4-8-12-29)36-35(41(33,40(42)48)28-9-5-3-6-10-28)37(44)43(38(36)45)30-19-13-27(14-20-30)39(46)47/h3-24,35-36H,1-2H3,(H,46,47)/t35-,36-,41-,42+/m1/s1. The van der Waals surface area contributed by atoms with E-state index in [2.05, 4.69) is 0 Å². The Bertz CT molecular complexity index is 2080. The van der Waals surface area contributed by atoms with Crippen molar-refractivity contribution >= 4 is 40.4 Å². The van der Waals surface area contributed by atoms with Gasteiger partial charge in [-0.1, -0.05) is 84.9 Å². The SMILES string of the molecule is COc1ccc(C2=C(c3ccc(OC)cc3)[C@@]3(c4ccccc4)C(=O)[C@]2(c2ccccc2)[C@H]2C(=O)N(c4ccc(C(=O)O)cc4)C(=O)[C@@H]23)cc1. The van der Waals surface area contributed by atoms with E-state index in [0.29, 0.717) is 33.8 Å². The number of imide groups is 1. The van der Waals surface area contributed by atoms with E-state index in [1.54, 1.807) is 14.2 Å². The number of aromatic carboxylic acids is 1. The van der Waals surface area contributed by atoms with Gasteiger partial charge in [0.15, 0.2) is 5.78 Å². The van der Waals surface area contributed by atoms with Crippen LogP contribution in [0.5, 0.6) is 11.5 Å². The van der Waals surface area contributed by atoms with Crippen molar-refractivity contribution in [2.75, 3.05) is 19.1 Å². The molecule has 2 bridgehead atoms. The maximum atomic E-state index is 16.0. The summed E-state index contributed by atoms with van der Waals surface area (Å²) in [6.45, 7) is 0. The van der Waals surface area contributed by atoms with E-state index >= 15 is 14.4 Å². The van der Waals surface area contributed by atoms with Crippen molar-refractivity contribution in [1.29, 1.82) is 0 Å². The van der Waals surface area contributed by atoms with Gasteiger partial charge in [0.05, 0.1) is 48.1 Å². The predicted molar refractivity (Wildman–Crippen MR) is 187 cm³/mol. The summed E-state index contributed by atoms with van der Waals surface area (Å²) in [5.74, 6) is -3.36. The average Bonchev–Trinajstić information content (AvgIpc) is 3.67. The van der Waals surface area contributed by atoms with Gasteiger partial charge in [0.1, 0.15) is 11.5 Å². The molecule has 4 atom stereocenters. The first-order valence-corrected chi connectivity index (χ1v) is 16.2. The summed E-state index contributed by atoms with van der Waals surface area (Å²) in [4.78, 5) is 59.0.